The Balaban J connectivity index is 3.39. The van der Waals surface area contributed by atoms with Gasteiger partial charge in [0.05, 0.1) is 0 Å². The highest BCUT2D eigenvalue weighted by Crippen LogP contribution is 2.22. The Morgan fingerprint density at radius 3 is 1.40 bits per heavy atom. The first-order valence-corrected chi connectivity index (χ1v) is 8.12. The minimum absolute atomic E-state index is 0.205. The van der Waals surface area contributed by atoms with Crippen molar-refractivity contribution in [3.63, 3.8) is 0 Å². The van der Waals surface area contributed by atoms with Crippen LogP contribution in [0.15, 0.2) is 0 Å². The van der Waals surface area contributed by atoms with Crippen LogP contribution in [0.25, 0.3) is 0 Å². The van der Waals surface area contributed by atoms with Crippen LogP contribution in [-0.2, 0) is 19.2 Å². The second kappa shape index (κ2) is 11.4. The van der Waals surface area contributed by atoms with Crippen LogP contribution < -0.4 is 10.6 Å². The summed E-state index contributed by atoms with van der Waals surface area (Å²) in [6, 6.07) is 0. The Morgan fingerprint density at radius 2 is 1.10 bits per heavy atom. The van der Waals surface area contributed by atoms with Crippen LogP contribution in [-0.4, -0.2) is 58.6 Å². The molecule has 0 saturated carbocycles. The lowest BCUT2D eigenvalue weighted by molar-refractivity contribution is -0.138. The van der Waals surface area contributed by atoms with Gasteiger partial charge in [0.1, 0.15) is 13.1 Å². The lowest BCUT2D eigenvalue weighted by atomic mass is 10.4. The predicted octanol–water partition coefficient (Wildman–Crippen LogP) is -0.450. The molecule has 0 radical (unpaired) electrons. The molecule has 0 bridgehead atoms. The first-order valence-electron chi connectivity index (χ1n) is 5.63. The van der Waals surface area contributed by atoms with Crippen LogP contribution in [0.2, 0.25) is 0 Å². The van der Waals surface area contributed by atoms with Gasteiger partial charge in [0.25, 0.3) is 0 Å². The molecule has 114 valence electrons. The van der Waals surface area contributed by atoms with Crippen molar-refractivity contribution in [3.05, 3.63) is 0 Å². The maximum absolute atomic E-state index is 11.1. The minimum atomic E-state index is -1.09. The summed E-state index contributed by atoms with van der Waals surface area (Å²) in [6.07, 6.45) is 0.409. The monoisotopic (exact) mass is 324 g/mol. The Labute approximate surface area is 123 Å². The van der Waals surface area contributed by atoms with Gasteiger partial charge in [-0.3, -0.25) is 19.2 Å². The average Bonchev–Trinajstić information content (AvgIpc) is 2.37. The van der Waals surface area contributed by atoms with Gasteiger partial charge in [-0.1, -0.05) is 21.6 Å². The van der Waals surface area contributed by atoms with E-state index in [9.17, 15) is 19.2 Å². The number of nitrogens with one attached hydrogen (secondary N) is 2. The van der Waals surface area contributed by atoms with E-state index < -0.39 is 11.9 Å². The number of carboxylic acid groups (broad SMARTS) is 2. The molecule has 0 aromatic heterocycles. The molecule has 0 aromatic carbocycles. The molecule has 10 heteroatoms. The zero-order chi connectivity index (χ0) is 15.4. The van der Waals surface area contributed by atoms with E-state index in [1.54, 1.807) is 0 Å². The van der Waals surface area contributed by atoms with Crippen LogP contribution in [0.1, 0.15) is 12.8 Å². The molecule has 4 N–H and O–H groups in total. The van der Waals surface area contributed by atoms with Crippen molar-refractivity contribution in [3.8, 4) is 0 Å². The third kappa shape index (κ3) is 13.0. The maximum Gasteiger partial charge on any atom is 0.322 e. The van der Waals surface area contributed by atoms with Crippen molar-refractivity contribution in [2.24, 2.45) is 0 Å². The van der Waals surface area contributed by atoms with Crippen LogP contribution in [0.3, 0.4) is 0 Å². The number of aliphatic carboxylic acids is 2. The number of amides is 2. The molecule has 2 amide bonds. The molecule has 0 spiro atoms. The van der Waals surface area contributed by atoms with Crippen molar-refractivity contribution in [2.45, 2.75) is 12.8 Å². The summed E-state index contributed by atoms with van der Waals surface area (Å²) in [7, 11) is 2.79. The van der Waals surface area contributed by atoms with E-state index in [1.807, 2.05) is 0 Å². The Bertz CT molecular complexity index is 330. The lowest BCUT2D eigenvalue weighted by Crippen LogP contribution is -2.29. The first kappa shape index (κ1) is 18.6. The summed E-state index contributed by atoms with van der Waals surface area (Å²) in [5.41, 5.74) is 0. The topological polar surface area (TPSA) is 133 Å². The molecule has 0 atom stereocenters. The van der Waals surface area contributed by atoms with Gasteiger partial charge in [-0.2, -0.15) is 0 Å². The Morgan fingerprint density at radius 1 is 0.750 bits per heavy atom. The molecule has 0 saturated heterocycles. The van der Waals surface area contributed by atoms with Crippen LogP contribution in [0.4, 0.5) is 0 Å². The second-order valence-corrected chi connectivity index (χ2v) is 6.19. The summed E-state index contributed by atoms with van der Waals surface area (Å²) in [5, 5.41) is 21.1. The molecule has 20 heavy (non-hydrogen) atoms. The largest absolute Gasteiger partial charge is 0.480 e. The quantitative estimate of drug-likeness (QED) is 0.297. The third-order valence-electron chi connectivity index (χ3n) is 1.78. The van der Waals surface area contributed by atoms with Crippen LogP contribution in [0, 0.1) is 0 Å². The first-order chi connectivity index (χ1) is 9.41. The summed E-state index contributed by atoms with van der Waals surface area (Å²) < 4.78 is 0. The van der Waals surface area contributed by atoms with E-state index in [4.69, 9.17) is 10.2 Å². The summed E-state index contributed by atoms with van der Waals surface area (Å²) >= 11 is 0. The standard InChI is InChI=1S/C10H16N2O6S2/c13-7(11-5-9(15)16)1-3-19-20-4-2-8(14)12-6-10(17)18/h1-6H2,(H,11,13)(H,12,14)(H,15,16)(H,17,18). The molecule has 0 aliphatic rings. The van der Waals surface area contributed by atoms with Gasteiger partial charge >= 0.3 is 11.9 Å². The minimum Gasteiger partial charge on any atom is -0.480 e. The SMILES string of the molecule is O=C(O)CNC(=O)CCSSCCC(=O)NCC(=O)O. The number of rotatable bonds is 11. The molecule has 0 aliphatic carbocycles. The zero-order valence-corrected chi connectivity index (χ0v) is 12.2. The van der Waals surface area contributed by atoms with E-state index in [0.29, 0.717) is 11.5 Å². The van der Waals surface area contributed by atoms with Crippen molar-refractivity contribution in [1.82, 2.24) is 10.6 Å². The number of carbonyl (C=O) groups is 4. The van der Waals surface area contributed by atoms with Gasteiger partial charge in [0, 0.05) is 24.3 Å². The fourth-order valence-corrected chi connectivity index (χ4v) is 2.89. The molecule has 0 rings (SSSR count). The number of hydrogen-bond acceptors (Lipinski definition) is 6. The number of carbonyl (C=O) groups excluding carboxylic acids is 2. The van der Waals surface area contributed by atoms with E-state index in [0.717, 1.165) is 0 Å². The smallest absolute Gasteiger partial charge is 0.322 e. The van der Waals surface area contributed by atoms with Crippen molar-refractivity contribution in [1.29, 1.82) is 0 Å². The van der Waals surface area contributed by atoms with E-state index in [-0.39, 0.29) is 37.7 Å². The van der Waals surface area contributed by atoms with E-state index in [2.05, 4.69) is 10.6 Å². The van der Waals surface area contributed by atoms with Gasteiger partial charge in [-0.05, 0) is 0 Å². The zero-order valence-electron chi connectivity index (χ0n) is 10.6. The van der Waals surface area contributed by atoms with E-state index in [1.165, 1.54) is 21.6 Å². The molecule has 0 unspecified atom stereocenters. The third-order valence-corrected chi connectivity index (χ3v) is 4.19. The average molecular weight is 324 g/mol. The van der Waals surface area contributed by atoms with E-state index >= 15 is 0 Å². The number of hydrogen-bond donors (Lipinski definition) is 4. The Hall–Kier alpha value is -1.42. The molecular weight excluding hydrogens is 308 g/mol. The normalized spacial score (nSPS) is 9.80. The summed E-state index contributed by atoms with van der Waals surface area (Å²) in [4.78, 5) is 42.6. The number of carboxylic acids is 2. The summed E-state index contributed by atoms with van der Waals surface area (Å²) in [5.74, 6) is -1.83. The van der Waals surface area contributed by atoms with Crippen molar-refractivity contribution >= 4 is 45.3 Å². The highest BCUT2D eigenvalue weighted by Gasteiger charge is 2.05. The maximum atomic E-state index is 11.1. The van der Waals surface area contributed by atoms with Crippen LogP contribution in [0.5, 0.6) is 0 Å². The van der Waals surface area contributed by atoms with Gasteiger partial charge in [-0.15, -0.1) is 0 Å². The molecular formula is C10H16N2O6S2. The van der Waals surface area contributed by atoms with Gasteiger partial charge < -0.3 is 20.8 Å². The second-order valence-electron chi connectivity index (χ2n) is 3.48. The van der Waals surface area contributed by atoms with Crippen molar-refractivity contribution < 1.29 is 29.4 Å². The molecule has 0 fully saturated rings. The molecule has 0 aromatic rings. The summed E-state index contributed by atoms with van der Waals surface area (Å²) in [6.45, 7) is -0.777. The highest BCUT2D eigenvalue weighted by atomic mass is 33.1. The fourth-order valence-electron chi connectivity index (χ4n) is 0.912. The van der Waals surface area contributed by atoms with Gasteiger partial charge in [0.15, 0.2) is 0 Å². The van der Waals surface area contributed by atoms with Crippen molar-refractivity contribution in [2.75, 3.05) is 24.6 Å². The molecule has 0 aliphatic heterocycles. The fraction of sp³-hybridized carbons (Fsp3) is 0.600. The Kier molecular flexibility index (Phi) is 10.6. The van der Waals surface area contributed by atoms with Gasteiger partial charge in [-0.25, -0.2) is 0 Å². The van der Waals surface area contributed by atoms with Gasteiger partial charge in [0.2, 0.25) is 11.8 Å². The highest BCUT2D eigenvalue weighted by molar-refractivity contribution is 8.76. The van der Waals surface area contributed by atoms with Crippen LogP contribution >= 0.6 is 21.6 Å². The molecule has 8 nitrogen and oxygen atoms in total. The predicted molar refractivity (Wildman–Crippen MR) is 75.4 cm³/mol. The molecule has 0 heterocycles. The lowest BCUT2D eigenvalue weighted by Gasteiger charge is -2.03.